The summed E-state index contributed by atoms with van der Waals surface area (Å²) >= 11 is 0. The van der Waals surface area contributed by atoms with E-state index in [1.165, 1.54) is 0 Å². The highest BCUT2D eigenvalue weighted by molar-refractivity contribution is 5.46. The maximum atomic E-state index is 12.8. The summed E-state index contributed by atoms with van der Waals surface area (Å²) in [6.07, 6.45) is 4.55. The molecular formula is C17H18N2O3. The molecule has 0 spiro atoms. The monoisotopic (exact) mass is 298 g/mol. The molecule has 5 nitrogen and oxygen atoms in total. The summed E-state index contributed by atoms with van der Waals surface area (Å²) in [5, 5.41) is 17.4. The van der Waals surface area contributed by atoms with Crippen LogP contribution in [0.5, 0.6) is 17.2 Å². The summed E-state index contributed by atoms with van der Waals surface area (Å²) in [6, 6.07) is 5.82. The Morgan fingerprint density at radius 1 is 1.18 bits per heavy atom. The molecule has 0 atom stereocenters. The molecule has 0 unspecified atom stereocenters. The first-order valence-corrected chi connectivity index (χ1v) is 7.69. The van der Waals surface area contributed by atoms with Crippen LogP contribution < -0.4 is 19.3 Å². The van der Waals surface area contributed by atoms with E-state index in [0.29, 0.717) is 6.42 Å². The highest BCUT2D eigenvalue weighted by atomic mass is 16.7. The van der Waals surface area contributed by atoms with Gasteiger partial charge in [-0.15, -0.1) is 0 Å². The molecule has 1 aromatic carbocycles. The summed E-state index contributed by atoms with van der Waals surface area (Å²) in [4.78, 5) is 0. The first-order valence-electron chi connectivity index (χ1n) is 7.69. The van der Waals surface area contributed by atoms with Gasteiger partial charge < -0.3 is 14.6 Å². The molecule has 1 aliphatic carbocycles. The van der Waals surface area contributed by atoms with Gasteiger partial charge in [0, 0.05) is 0 Å². The van der Waals surface area contributed by atoms with Crippen LogP contribution in [-0.4, -0.2) is 11.9 Å². The number of benzene rings is 1. The summed E-state index contributed by atoms with van der Waals surface area (Å²) in [6.45, 7) is 0.264. The van der Waals surface area contributed by atoms with Gasteiger partial charge in [0.2, 0.25) is 12.5 Å². The third kappa shape index (κ3) is 2.17. The second kappa shape index (κ2) is 5.16. The van der Waals surface area contributed by atoms with E-state index in [-0.39, 0.29) is 12.5 Å². The fourth-order valence-electron chi connectivity index (χ4n) is 3.25. The highest BCUT2D eigenvalue weighted by Crippen LogP contribution is 2.34. The third-order valence-electron chi connectivity index (χ3n) is 4.44. The van der Waals surface area contributed by atoms with Crippen molar-refractivity contribution in [3.8, 4) is 17.2 Å². The zero-order valence-electron chi connectivity index (χ0n) is 12.6. The lowest BCUT2D eigenvalue weighted by Gasteiger charge is -2.21. The Morgan fingerprint density at radius 2 is 2.00 bits per heavy atom. The molecule has 1 aromatic heterocycles. The van der Waals surface area contributed by atoms with Gasteiger partial charge in [0.05, 0.1) is 6.42 Å². The van der Waals surface area contributed by atoms with Crippen LogP contribution in [0.1, 0.15) is 35.4 Å². The van der Waals surface area contributed by atoms with Gasteiger partial charge in [0.1, 0.15) is 5.69 Å². The third-order valence-corrected chi connectivity index (χ3v) is 4.44. The van der Waals surface area contributed by atoms with Crippen LogP contribution in [0.3, 0.4) is 0 Å². The lowest BCUT2D eigenvalue weighted by molar-refractivity contribution is -0.740. The number of aromatic nitrogens is 2. The number of rotatable bonds is 2. The van der Waals surface area contributed by atoms with Crippen LogP contribution in [0.2, 0.25) is 0 Å². The van der Waals surface area contributed by atoms with Crippen LogP contribution in [0.15, 0.2) is 18.2 Å². The van der Waals surface area contributed by atoms with E-state index in [1.54, 1.807) is 4.68 Å². The van der Waals surface area contributed by atoms with Gasteiger partial charge in [0.25, 0.3) is 0 Å². The van der Waals surface area contributed by atoms with E-state index in [1.807, 2.05) is 25.2 Å². The minimum absolute atomic E-state index is 0.157. The maximum Gasteiger partial charge on any atom is 0.231 e. The molecule has 2 aromatic rings. The number of hydrogen-bond donors (Lipinski definition) is 0. The Labute approximate surface area is 129 Å². The van der Waals surface area contributed by atoms with Crippen molar-refractivity contribution in [2.75, 3.05) is 6.79 Å². The minimum atomic E-state index is 0.157. The molecule has 1 aliphatic heterocycles. The molecule has 2 heterocycles. The van der Waals surface area contributed by atoms with Crippen molar-refractivity contribution >= 4 is 0 Å². The fraction of sp³-hybridized carbons (Fsp3) is 0.412. The fourth-order valence-corrected chi connectivity index (χ4v) is 3.25. The molecule has 0 bridgehead atoms. The first-order chi connectivity index (χ1) is 10.7. The average Bonchev–Trinajstić information content (AvgIpc) is 2.99. The summed E-state index contributed by atoms with van der Waals surface area (Å²) in [7, 11) is 1.86. The number of aryl methyl sites for hydroxylation is 2. The van der Waals surface area contributed by atoms with E-state index in [4.69, 9.17) is 9.47 Å². The molecule has 5 heteroatoms. The lowest BCUT2D eigenvalue weighted by Crippen LogP contribution is -2.41. The quantitative estimate of drug-likeness (QED) is 0.781. The molecule has 0 fully saturated rings. The van der Waals surface area contributed by atoms with E-state index < -0.39 is 0 Å². The summed E-state index contributed by atoms with van der Waals surface area (Å²) in [5.74, 6) is 1.67. The molecule has 0 N–H and O–H groups in total. The van der Waals surface area contributed by atoms with Crippen molar-refractivity contribution in [3.63, 3.8) is 0 Å². The minimum Gasteiger partial charge on any atom is -0.868 e. The first kappa shape index (κ1) is 13.4. The molecule has 4 rings (SSSR count). The van der Waals surface area contributed by atoms with Crippen LogP contribution in [-0.2, 0) is 26.3 Å². The molecule has 2 aliphatic rings. The molecule has 0 saturated carbocycles. The van der Waals surface area contributed by atoms with Crippen molar-refractivity contribution < 1.29 is 19.3 Å². The number of nitrogens with zero attached hydrogens (tertiary/aromatic N) is 2. The summed E-state index contributed by atoms with van der Waals surface area (Å²) < 4.78 is 12.5. The highest BCUT2D eigenvalue weighted by Gasteiger charge is 2.22. The van der Waals surface area contributed by atoms with Gasteiger partial charge in [-0.1, -0.05) is 10.7 Å². The molecule has 22 heavy (non-hydrogen) atoms. The van der Waals surface area contributed by atoms with Gasteiger partial charge >= 0.3 is 0 Å². The Balaban J connectivity index is 1.71. The van der Waals surface area contributed by atoms with Crippen LogP contribution in [0.4, 0.5) is 0 Å². The maximum absolute atomic E-state index is 12.8. The molecule has 0 radical (unpaired) electrons. The Kier molecular flexibility index (Phi) is 3.13. The average molecular weight is 298 g/mol. The summed E-state index contributed by atoms with van der Waals surface area (Å²) in [5.41, 5.74) is 3.67. The number of ether oxygens (including phenoxy) is 2. The van der Waals surface area contributed by atoms with Gasteiger partial charge in [-0.25, -0.2) is 0 Å². The second-order valence-electron chi connectivity index (χ2n) is 5.90. The van der Waals surface area contributed by atoms with Crippen molar-refractivity contribution in [1.82, 2.24) is 5.10 Å². The van der Waals surface area contributed by atoms with Crippen molar-refractivity contribution in [3.05, 3.63) is 40.7 Å². The Bertz CT molecular complexity index is 743. The van der Waals surface area contributed by atoms with Crippen LogP contribution >= 0.6 is 0 Å². The van der Waals surface area contributed by atoms with Gasteiger partial charge in [0.15, 0.2) is 18.5 Å². The zero-order chi connectivity index (χ0) is 15.1. The van der Waals surface area contributed by atoms with Crippen molar-refractivity contribution in [2.24, 2.45) is 7.05 Å². The second-order valence-corrected chi connectivity index (χ2v) is 5.90. The van der Waals surface area contributed by atoms with E-state index in [2.05, 4.69) is 5.10 Å². The molecule has 0 amide bonds. The van der Waals surface area contributed by atoms with E-state index in [0.717, 1.165) is 59.7 Å². The van der Waals surface area contributed by atoms with Crippen LogP contribution in [0.25, 0.3) is 0 Å². The van der Waals surface area contributed by atoms with E-state index >= 15 is 0 Å². The van der Waals surface area contributed by atoms with Gasteiger partial charge in [-0.05, 0) is 59.8 Å². The van der Waals surface area contributed by atoms with Crippen LogP contribution in [0, 0.1) is 0 Å². The van der Waals surface area contributed by atoms with Crippen molar-refractivity contribution in [2.45, 2.75) is 32.1 Å². The topological polar surface area (TPSA) is 58.3 Å². The smallest absolute Gasteiger partial charge is 0.231 e. The number of fused-ring (bicyclic) bond motifs is 2. The molecule has 114 valence electrons. The van der Waals surface area contributed by atoms with Gasteiger partial charge in [-0.3, -0.25) is 0 Å². The predicted octanol–water partition coefficient (Wildman–Crippen LogP) is 1.18. The van der Waals surface area contributed by atoms with Gasteiger partial charge in [-0.2, -0.15) is 0 Å². The standard InChI is InChI=1S/C17H18N2O3/c1-19-14(17(20)12-4-2-3-5-13(12)18-19)8-11-6-7-15-16(9-11)22-10-21-15/h6-7,9H,2-5,8,10H2,1H3. The number of hydrogen-bond acceptors (Lipinski definition) is 4. The molecule has 0 saturated heterocycles. The Hall–Kier alpha value is -2.30. The largest absolute Gasteiger partial charge is 0.868 e. The van der Waals surface area contributed by atoms with Crippen molar-refractivity contribution in [1.29, 1.82) is 0 Å². The lowest BCUT2D eigenvalue weighted by atomic mass is 9.94. The van der Waals surface area contributed by atoms with E-state index in [9.17, 15) is 5.11 Å². The SMILES string of the molecule is C[n+]1nc2c(c([O-])c1Cc1ccc3c(c1)OCO3)CCCC2. The Morgan fingerprint density at radius 3 is 2.91 bits per heavy atom. The predicted molar refractivity (Wildman–Crippen MR) is 76.9 cm³/mol. The zero-order valence-corrected chi connectivity index (χ0v) is 12.6. The molecular weight excluding hydrogens is 280 g/mol. The normalized spacial score (nSPS) is 15.7.